The molecule has 1 aliphatic rings. The molecule has 17 heavy (non-hydrogen) atoms. The van der Waals surface area contributed by atoms with E-state index in [0.29, 0.717) is 6.42 Å². The summed E-state index contributed by atoms with van der Waals surface area (Å²) < 4.78 is 26.6. The number of aliphatic hydroxyl groups excluding tert-OH is 1. The molecule has 0 saturated carbocycles. The summed E-state index contributed by atoms with van der Waals surface area (Å²) in [6.07, 6.45) is -0.738. The van der Waals surface area contributed by atoms with Gasteiger partial charge in [0.25, 0.3) is 0 Å². The van der Waals surface area contributed by atoms with Gasteiger partial charge in [-0.3, -0.25) is 9.05 Å². The summed E-state index contributed by atoms with van der Waals surface area (Å²) in [6.45, 7) is 4.81. The van der Waals surface area contributed by atoms with E-state index in [2.05, 4.69) is 0 Å². The second-order valence-electron chi connectivity index (χ2n) is 5.26. The van der Waals surface area contributed by atoms with E-state index in [1.165, 1.54) is 0 Å². The number of ether oxygens (including phenoxy) is 1. The second-order valence-corrected chi connectivity index (χ2v) is 6.63. The lowest BCUT2D eigenvalue weighted by Crippen LogP contribution is -2.27. The molecule has 100 valence electrons. The lowest BCUT2D eigenvalue weighted by atomic mass is 9.96. The fourth-order valence-electron chi connectivity index (χ4n) is 1.63. The number of phosphoric ester groups is 1. The summed E-state index contributed by atoms with van der Waals surface area (Å²) in [5, 5.41) is 9.57. The summed E-state index contributed by atoms with van der Waals surface area (Å²) >= 11 is 0. The van der Waals surface area contributed by atoms with Gasteiger partial charge in [-0.2, -0.15) is 0 Å². The third-order valence-electron chi connectivity index (χ3n) is 2.20. The Hall–Kier alpha value is 0.0949. The molecule has 0 aromatic carbocycles. The maximum Gasteiger partial charge on any atom is 0.472 e. The Morgan fingerprint density at radius 1 is 1.53 bits per heavy atom. The van der Waals surface area contributed by atoms with Gasteiger partial charge >= 0.3 is 7.82 Å². The minimum absolute atomic E-state index is 0.0692. The minimum Gasteiger partial charge on any atom is -0.390 e. The van der Waals surface area contributed by atoms with E-state index in [1.54, 1.807) is 20.8 Å². The van der Waals surface area contributed by atoms with Crippen LogP contribution in [0.15, 0.2) is 0 Å². The predicted octanol–water partition coefficient (Wildman–Crippen LogP) is 0.0275. The minimum atomic E-state index is -4.10. The Labute approximate surface area is 102 Å². The third kappa shape index (κ3) is 5.51. The Morgan fingerprint density at radius 2 is 2.12 bits per heavy atom. The molecule has 2 N–H and O–H groups in total. The van der Waals surface area contributed by atoms with Crippen molar-refractivity contribution in [1.82, 2.24) is 0 Å². The van der Waals surface area contributed by atoms with Crippen molar-refractivity contribution in [3.8, 4) is 0 Å². The quantitative estimate of drug-likeness (QED) is 0.551. The molecule has 1 rings (SSSR count). The molecule has 0 aliphatic carbocycles. The zero-order valence-electron chi connectivity index (χ0n) is 10.6. The van der Waals surface area contributed by atoms with Crippen LogP contribution in [0.2, 0.25) is 0 Å². The zero-order valence-corrected chi connectivity index (χ0v) is 11.5. The second kappa shape index (κ2) is 5.39. The van der Waals surface area contributed by atoms with Crippen molar-refractivity contribution in [3.05, 3.63) is 0 Å². The van der Waals surface area contributed by atoms with Crippen molar-refractivity contribution in [2.24, 2.45) is 0 Å². The molecule has 0 bridgehead atoms. The standard InChI is InChI=1S/C9H20BO6P/c1-9(2,3)16-17(12,13)14-5-7-6(11)4-8(10)15-7/h6-8,11H,4-5,10H2,1-3H3,(H,12,13)/t6-,7+,8+/m0/s1. The van der Waals surface area contributed by atoms with Crippen LogP contribution in [0.3, 0.4) is 0 Å². The first-order valence-electron chi connectivity index (χ1n) is 5.61. The molecule has 1 fully saturated rings. The SMILES string of the molecule is B[C@H]1C[C@H](O)[C@@H](COP(=O)(O)OC(C)(C)C)O1. The molecule has 1 saturated heterocycles. The van der Waals surface area contributed by atoms with Gasteiger partial charge in [-0.15, -0.1) is 0 Å². The van der Waals surface area contributed by atoms with E-state index in [4.69, 9.17) is 13.8 Å². The van der Waals surface area contributed by atoms with Crippen LogP contribution >= 0.6 is 7.82 Å². The summed E-state index contributed by atoms with van der Waals surface area (Å²) in [7, 11) is -2.28. The van der Waals surface area contributed by atoms with Crippen molar-refractivity contribution in [1.29, 1.82) is 0 Å². The molecule has 0 radical (unpaired) electrons. The molecule has 1 aliphatic heterocycles. The number of aliphatic hydroxyl groups is 1. The lowest BCUT2D eigenvalue weighted by Gasteiger charge is -2.24. The summed E-state index contributed by atoms with van der Waals surface area (Å²) in [4.78, 5) is 9.44. The summed E-state index contributed by atoms with van der Waals surface area (Å²) in [5.41, 5.74) is -0.771. The van der Waals surface area contributed by atoms with Gasteiger partial charge in [-0.05, 0) is 27.2 Å². The van der Waals surface area contributed by atoms with Crippen molar-refractivity contribution < 1.29 is 28.3 Å². The lowest BCUT2D eigenvalue weighted by molar-refractivity contribution is -0.0152. The Kier molecular flexibility index (Phi) is 4.80. The van der Waals surface area contributed by atoms with Gasteiger partial charge in [0.15, 0.2) is 0 Å². The topological polar surface area (TPSA) is 85.2 Å². The predicted molar refractivity (Wildman–Crippen MR) is 64.4 cm³/mol. The highest BCUT2D eigenvalue weighted by molar-refractivity contribution is 7.47. The highest BCUT2D eigenvalue weighted by atomic mass is 31.2. The van der Waals surface area contributed by atoms with Crippen molar-refractivity contribution >= 4 is 15.7 Å². The van der Waals surface area contributed by atoms with Gasteiger partial charge in [-0.25, -0.2) is 4.57 Å². The Balaban J connectivity index is 2.42. The monoisotopic (exact) mass is 266 g/mol. The normalized spacial score (nSPS) is 33.6. The van der Waals surface area contributed by atoms with Crippen molar-refractivity contribution in [2.45, 2.75) is 51.0 Å². The first kappa shape index (κ1) is 15.2. The van der Waals surface area contributed by atoms with E-state index < -0.39 is 25.6 Å². The summed E-state index contributed by atoms with van der Waals surface area (Å²) in [5.74, 6) is 0. The number of phosphoric acid groups is 1. The Morgan fingerprint density at radius 3 is 2.53 bits per heavy atom. The molecule has 0 spiro atoms. The van der Waals surface area contributed by atoms with Gasteiger partial charge in [0.1, 0.15) is 14.0 Å². The molecular formula is C9H20BO6P. The largest absolute Gasteiger partial charge is 0.472 e. The van der Waals surface area contributed by atoms with Crippen LogP contribution in [0.1, 0.15) is 27.2 Å². The van der Waals surface area contributed by atoms with Crippen LogP contribution in [0.4, 0.5) is 0 Å². The smallest absolute Gasteiger partial charge is 0.390 e. The third-order valence-corrected chi connectivity index (χ3v) is 3.45. The molecule has 0 aromatic heterocycles. The fourth-order valence-corrected chi connectivity index (χ4v) is 2.71. The van der Waals surface area contributed by atoms with E-state index in [9.17, 15) is 14.6 Å². The average molecular weight is 266 g/mol. The van der Waals surface area contributed by atoms with Crippen molar-refractivity contribution in [2.75, 3.05) is 6.61 Å². The molecule has 1 unspecified atom stereocenters. The van der Waals surface area contributed by atoms with Gasteiger partial charge in [-0.1, -0.05) is 0 Å². The maximum atomic E-state index is 11.5. The van der Waals surface area contributed by atoms with Crippen LogP contribution in [0, 0.1) is 0 Å². The van der Waals surface area contributed by atoms with Gasteiger partial charge in [0, 0.05) is 6.00 Å². The van der Waals surface area contributed by atoms with E-state index in [-0.39, 0.29) is 12.6 Å². The van der Waals surface area contributed by atoms with Crippen LogP contribution < -0.4 is 0 Å². The van der Waals surface area contributed by atoms with Crippen LogP contribution in [0.5, 0.6) is 0 Å². The molecule has 4 atom stereocenters. The molecule has 0 aromatic rings. The molecule has 0 amide bonds. The van der Waals surface area contributed by atoms with E-state index >= 15 is 0 Å². The Bertz CT molecular complexity index is 304. The fraction of sp³-hybridized carbons (Fsp3) is 1.00. The van der Waals surface area contributed by atoms with Crippen LogP contribution in [-0.2, 0) is 18.3 Å². The average Bonchev–Trinajstić information content (AvgIpc) is 2.37. The molecule has 1 heterocycles. The number of hydrogen-bond donors (Lipinski definition) is 2. The van der Waals surface area contributed by atoms with Crippen LogP contribution in [-0.4, -0.2) is 48.3 Å². The first-order chi connectivity index (χ1) is 7.59. The van der Waals surface area contributed by atoms with Gasteiger partial charge < -0.3 is 14.7 Å². The van der Waals surface area contributed by atoms with Crippen molar-refractivity contribution in [3.63, 3.8) is 0 Å². The van der Waals surface area contributed by atoms with Gasteiger partial charge in [0.2, 0.25) is 0 Å². The zero-order chi connectivity index (χ0) is 13.3. The van der Waals surface area contributed by atoms with E-state index in [0.717, 1.165) is 0 Å². The van der Waals surface area contributed by atoms with E-state index in [1.807, 2.05) is 7.85 Å². The first-order valence-corrected chi connectivity index (χ1v) is 7.10. The number of rotatable bonds is 4. The molecule has 8 heteroatoms. The molecular weight excluding hydrogens is 246 g/mol. The maximum absolute atomic E-state index is 11.5. The highest BCUT2D eigenvalue weighted by Crippen LogP contribution is 2.47. The van der Waals surface area contributed by atoms with Gasteiger partial charge in [0.05, 0.1) is 18.3 Å². The number of hydrogen-bond acceptors (Lipinski definition) is 5. The summed E-state index contributed by atoms with van der Waals surface area (Å²) in [6, 6.07) is -0.0692. The van der Waals surface area contributed by atoms with Crippen LogP contribution in [0.25, 0.3) is 0 Å². The highest BCUT2D eigenvalue weighted by Gasteiger charge is 2.35. The molecule has 6 nitrogen and oxygen atoms in total.